The molecule has 0 aliphatic rings. The van der Waals surface area contributed by atoms with Crippen LogP contribution < -0.4 is 0 Å². The van der Waals surface area contributed by atoms with Crippen LogP contribution in [0.15, 0.2) is 23.4 Å². The lowest BCUT2D eigenvalue weighted by Gasteiger charge is -2.03. The molecule has 1 rings (SSSR count). The monoisotopic (exact) mass is 209 g/mol. The third-order valence-electron chi connectivity index (χ3n) is 1.89. The van der Waals surface area contributed by atoms with Crippen LogP contribution in [0, 0.1) is 0 Å². The summed E-state index contributed by atoms with van der Waals surface area (Å²) in [5, 5.41) is 0.869. The van der Waals surface area contributed by atoms with Crippen molar-refractivity contribution in [2.24, 2.45) is 0 Å². The maximum Gasteiger partial charge on any atom is 0.162 e. The molecule has 0 radical (unpaired) electrons. The van der Waals surface area contributed by atoms with Crippen molar-refractivity contribution in [3.05, 3.63) is 23.9 Å². The van der Waals surface area contributed by atoms with Gasteiger partial charge in [0.15, 0.2) is 5.78 Å². The predicted molar refractivity (Wildman–Crippen MR) is 59.9 cm³/mol. The molecule has 0 fully saturated rings. The molecule has 0 aromatic carbocycles. The van der Waals surface area contributed by atoms with Gasteiger partial charge in [0.25, 0.3) is 0 Å². The molecular formula is C11H15NOS. The van der Waals surface area contributed by atoms with E-state index in [1.165, 1.54) is 12.8 Å². The van der Waals surface area contributed by atoms with Gasteiger partial charge < -0.3 is 0 Å². The van der Waals surface area contributed by atoms with E-state index in [4.69, 9.17) is 0 Å². The Kier molecular flexibility index (Phi) is 4.66. The number of Topliss-reactive ketones (excluding diaryl/α,β-unsaturated/α-hetero) is 1. The Morgan fingerprint density at radius 3 is 3.00 bits per heavy atom. The molecule has 0 aliphatic heterocycles. The smallest absolute Gasteiger partial charge is 0.162 e. The number of carbonyl (C=O) groups is 1. The SMILES string of the molecule is CCCCSc1ncccc1C(C)=O. The Hall–Kier alpha value is -0.830. The molecule has 3 heteroatoms. The van der Waals surface area contributed by atoms with Crippen molar-refractivity contribution >= 4 is 17.5 Å². The molecule has 0 saturated heterocycles. The molecule has 0 spiro atoms. The second-order valence-corrected chi connectivity index (χ2v) is 4.20. The van der Waals surface area contributed by atoms with Crippen LogP contribution >= 0.6 is 11.8 Å². The van der Waals surface area contributed by atoms with Crippen LogP contribution in [0.2, 0.25) is 0 Å². The molecule has 1 aromatic heterocycles. The van der Waals surface area contributed by atoms with Gasteiger partial charge in [-0.15, -0.1) is 11.8 Å². The van der Waals surface area contributed by atoms with Gasteiger partial charge in [-0.1, -0.05) is 13.3 Å². The van der Waals surface area contributed by atoms with Crippen LogP contribution in [0.25, 0.3) is 0 Å². The molecule has 0 saturated carbocycles. The van der Waals surface area contributed by atoms with Crippen LogP contribution in [0.4, 0.5) is 0 Å². The van der Waals surface area contributed by atoms with Crippen molar-refractivity contribution in [2.75, 3.05) is 5.75 Å². The van der Waals surface area contributed by atoms with Gasteiger partial charge in [-0.25, -0.2) is 4.98 Å². The fraction of sp³-hybridized carbons (Fsp3) is 0.455. The number of thioether (sulfide) groups is 1. The lowest BCUT2D eigenvalue weighted by atomic mass is 10.2. The number of pyridine rings is 1. The van der Waals surface area contributed by atoms with Gasteiger partial charge in [0, 0.05) is 11.8 Å². The van der Waals surface area contributed by atoms with Crippen LogP contribution in [0.1, 0.15) is 37.0 Å². The quantitative estimate of drug-likeness (QED) is 0.424. The van der Waals surface area contributed by atoms with Crippen molar-refractivity contribution in [3.8, 4) is 0 Å². The lowest BCUT2D eigenvalue weighted by Crippen LogP contribution is -1.97. The molecule has 0 amide bonds. The number of hydrogen-bond acceptors (Lipinski definition) is 3. The molecule has 1 aromatic rings. The first-order valence-corrected chi connectivity index (χ1v) is 5.83. The summed E-state index contributed by atoms with van der Waals surface area (Å²) in [6, 6.07) is 3.64. The fourth-order valence-corrected chi connectivity index (χ4v) is 2.22. The zero-order valence-corrected chi connectivity index (χ0v) is 9.43. The summed E-state index contributed by atoms with van der Waals surface area (Å²) in [7, 11) is 0. The topological polar surface area (TPSA) is 30.0 Å². The minimum Gasteiger partial charge on any atom is -0.294 e. The number of carbonyl (C=O) groups excluding carboxylic acids is 1. The van der Waals surface area contributed by atoms with Gasteiger partial charge in [0.05, 0.1) is 0 Å². The highest BCUT2D eigenvalue weighted by Gasteiger charge is 2.07. The average Bonchev–Trinajstić information content (AvgIpc) is 2.19. The number of nitrogens with zero attached hydrogens (tertiary/aromatic N) is 1. The van der Waals surface area contributed by atoms with E-state index in [2.05, 4.69) is 11.9 Å². The first-order chi connectivity index (χ1) is 6.75. The predicted octanol–water partition coefficient (Wildman–Crippen LogP) is 3.18. The van der Waals surface area contributed by atoms with E-state index in [9.17, 15) is 4.79 Å². The first-order valence-electron chi connectivity index (χ1n) is 4.84. The molecule has 1 heterocycles. The number of aromatic nitrogens is 1. The Balaban J connectivity index is 2.69. The van der Waals surface area contributed by atoms with Crippen molar-refractivity contribution in [1.82, 2.24) is 4.98 Å². The van der Waals surface area contributed by atoms with Gasteiger partial charge >= 0.3 is 0 Å². The second kappa shape index (κ2) is 5.81. The van der Waals surface area contributed by atoms with Crippen LogP contribution in [0.3, 0.4) is 0 Å². The van der Waals surface area contributed by atoms with E-state index < -0.39 is 0 Å². The summed E-state index contributed by atoms with van der Waals surface area (Å²) < 4.78 is 0. The Morgan fingerprint density at radius 2 is 2.36 bits per heavy atom. The normalized spacial score (nSPS) is 10.1. The fourth-order valence-electron chi connectivity index (χ4n) is 1.09. The molecule has 76 valence electrons. The van der Waals surface area contributed by atoms with Gasteiger partial charge in [-0.2, -0.15) is 0 Å². The minimum absolute atomic E-state index is 0.0945. The third-order valence-corrected chi connectivity index (χ3v) is 2.98. The van der Waals surface area contributed by atoms with E-state index in [-0.39, 0.29) is 5.78 Å². The second-order valence-electron chi connectivity index (χ2n) is 3.11. The first kappa shape index (κ1) is 11.2. The summed E-state index contributed by atoms with van der Waals surface area (Å²) in [5.74, 6) is 1.13. The van der Waals surface area contributed by atoms with Crippen molar-refractivity contribution < 1.29 is 4.79 Å². The summed E-state index contributed by atoms with van der Waals surface area (Å²) in [6.07, 6.45) is 4.08. The summed E-state index contributed by atoms with van der Waals surface area (Å²) in [6.45, 7) is 3.74. The minimum atomic E-state index is 0.0945. The standard InChI is InChI=1S/C11H15NOS/c1-3-4-8-14-11-10(9(2)13)6-5-7-12-11/h5-7H,3-4,8H2,1-2H3. The van der Waals surface area contributed by atoms with Crippen LogP contribution in [-0.4, -0.2) is 16.5 Å². The highest BCUT2D eigenvalue weighted by molar-refractivity contribution is 7.99. The van der Waals surface area contributed by atoms with Crippen molar-refractivity contribution in [3.63, 3.8) is 0 Å². The number of ketones is 1. The highest BCUT2D eigenvalue weighted by atomic mass is 32.2. The lowest BCUT2D eigenvalue weighted by molar-refractivity contribution is 0.101. The van der Waals surface area contributed by atoms with E-state index in [0.717, 1.165) is 16.3 Å². The molecule has 0 bridgehead atoms. The van der Waals surface area contributed by atoms with Gasteiger partial charge in [-0.3, -0.25) is 4.79 Å². The van der Waals surface area contributed by atoms with Crippen molar-refractivity contribution in [1.29, 1.82) is 0 Å². The number of hydrogen-bond donors (Lipinski definition) is 0. The third kappa shape index (κ3) is 3.14. The van der Waals surface area contributed by atoms with E-state index in [1.807, 2.05) is 6.07 Å². The average molecular weight is 209 g/mol. The van der Waals surface area contributed by atoms with Crippen molar-refractivity contribution in [2.45, 2.75) is 31.7 Å². The molecule has 0 aliphatic carbocycles. The number of rotatable bonds is 5. The van der Waals surface area contributed by atoms with Gasteiger partial charge in [-0.05, 0) is 31.2 Å². The maximum absolute atomic E-state index is 11.2. The molecule has 0 N–H and O–H groups in total. The molecule has 0 unspecified atom stereocenters. The largest absolute Gasteiger partial charge is 0.294 e. The maximum atomic E-state index is 11.2. The highest BCUT2D eigenvalue weighted by Crippen LogP contribution is 2.21. The Morgan fingerprint density at radius 1 is 1.57 bits per heavy atom. The zero-order valence-electron chi connectivity index (χ0n) is 8.62. The number of unbranched alkanes of at least 4 members (excludes halogenated alkanes) is 1. The Bertz CT molecular complexity index is 312. The Labute approximate surface area is 89.1 Å². The molecular weight excluding hydrogens is 194 g/mol. The molecule has 2 nitrogen and oxygen atoms in total. The van der Waals surface area contributed by atoms with E-state index in [0.29, 0.717) is 0 Å². The van der Waals surface area contributed by atoms with Crippen LogP contribution in [0.5, 0.6) is 0 Å². The summed E-state index contributed by atoms with van der Waals surface area (Å²) in [4.78, 5) is 15.5. The van der Waals surface area contributed by atoms with E-state index in [1.54, 1.807) is 30.9 Å². The molecule has 0 atom stereocenters. The van der Waals surface area contributed by atoms with Crippen LogP contribution in [-0.2, 0) is 0 Å². The summed E-state index contributed by atoms with van der Waals surface area (Å²) >= 11 is 1.67. The summed E-state index contributed by atoms with van der Waals surface area (Å²) in [5.41, 5.74) is 0.744. The van der Waals surface area contributed by atoms with Gasteiger partial charge in [0.2, 0.25) is 0 Å². The zero-order chi connectivity index (χ0) is 10.4. The van der Waals surface area contributed by atoms with Gasteiger partial charge in [0.1, 0.15) is 5.03 Å². The molecule has 14 heavy (non-hydrogen) atoms. The van der Waals surface area contributed by atoms with E-state index >= 15 is 0 Å².